The molecule has 0 aliphatic carbocycles. The van der Waals surface area contributed by atoms with Crippen LogP contribution >= 0.6 is 15.9 Å². The van der Waals surface area contributed by atoms with Crippen molar-refractivity contribution in [3.8, 4) is 0 Å². The number of hydrogen-bond donors (Lipinski definition) is 1. The molecule has 0 amide bonds. The van der Waals surface area contributed by atoms with Gasteiger partial charge in [-0.2, -0.15) is 0 Å². The standard InChI is InChI=1S/C11H15BrFN/c1-7-5-9(10(13)3-4-14)6-8(2)11(7)12/h5-6,10H,3-4,14H2,1-2H3. The second-order valence-corrected chi connectivity index (χ2v) is 4.31. The van der Waals surface area contributed by atoms with Crippen molar-refractivity contribution in [2.45, 2.75) is 26.4 Å². The molecule has 3 heteroatoms. The largest absolute Gasteiger partial charge is 0.330 e. The highest BCUT2D eigenvalue weighted by atomic mass is 79.9. The summed E-state index contributed by atoms with van der Waals surface area (Å²) in [5, 5.41) is 0. The van der Waals surface area contributed by atoms with Gasteiger partial charge in [0.2, 0.25) is 0 Å². The van der Waals surface area contributed by atoms with E-state index in [9.17, 15) is 4.39 Å². The van der Waals surface area contributed by atoms with E-state index in [0.717, 1.165) is 21.2 Å². The molecule has 14 heavy (non-hydrogen) atoms. The molecule has 2 N–H and O–H groups in total. The smallest absolute Gasteiger partial charge is 0.126 e. The number of alkyl halides is 1. The van der Waals surface area contributed by atoms with Crippen LogP contribution in [0.4, 0.5) is 4.39 Å². The number of benzene rings is 1. The molecule has 0 aliphatic rings. The van der Waals surface area contributed by atoms with Crippen LogP contribution in [0.2, 0.25) is 0 Å². The Bertz CT molecular complexity index is 302. The summed E-state index contributed by atoms with van der Waals surface area (Å²) in [6.07, 6.45) is -0.550. The number of aryl methyl sites for hydroxylation is 2. The van der Waals surface area contributed by atoms with Gasteiger partial charge in [0.25, 0.3) is 0 Å². The lowest BCUT2D eigenvalue weighted by Gasteiger charge is -2.11. The van der Waals surface area contributed by atoms with Crippen LogP contribution < -0.4 is 5.73 Å². The highest BCUT2D eigenvalue weighted by Gasteiger charge is 2.11. The van der Waals surface area contributed by atoms with Gasteiger partial charge >= 0.3 is 0 Å². The van der Waals surface area contributed by atoms with E-state index in [0.29, 0.717) is 13.0 Å². The topological polar surface area (TPSA) is 26.0 Å². The van der Waals surface area contributed by atoms with Crippen LogP contribution in [-0.4, -0.2) is 6.54 Å². The Kier molecular flexibility index (Phi) is 4.08. The van der Waals surface area contributed by atoms with Crippen molar-refractivity contribution in [1.29, 1.82) is 0 Å². The van der Waals surface area contributed by atoms with Crippen LogP contribution in [0.25, 0.3) is 0 Å². The first-order valence-corrected chi connectivity index (χ1v) is 5.46. The molecule has 0 saturated heterocycles. The van der Waals surface area contributed by atoms with Gasteiger partial charge in [-0.05, 0) is 43.5 Å². The molecule has 0 saturated carbocycles. The van der Waals surface area contributed by atoms with Crippen molar-refractivity contribution in [3.05, 3.63) is 33.3 Å². The second kappa shape index (κ2) is 4.89. The van der Waals surface area contributed by atoms with Gasteiger partial charge in [-0.3, -0.25) is 0 Å². The predicted octanol–water partition coefficient (Wildman–Crippen LogP) is 3.43. The average molecular weight is 260 g/mol. The number of nitrogens with two attached hydrogens (primary N) is 1. The lowest BCUT2D eigenvalue weighted by molar-refractivity contribution is 0.327. The highest BCUT2D eigenvalue weighted by Crippen LogP contribution is 2.28. The lowest BCUT2D eigenvalue weighted by Crippen LogP contribution is -2.04. The van der Waals surface area contributed by atoms with Gasteiger partial charge < -0.3 is 5.73 Å². The molecule has 1 nitrogen and oxygen atoms in total. The van der Waals surface area contributed by atoms with Crippen LogP contribution in [0.3, 0.4) is 0 Å². The van der Waals surface area contributed by atoms with Crippen molar-refractivity contribution in [1.82, 2.24) is 0 Å². The third-order valence-electron chi connectivity index (χ3n) is 2.24. The molecule has 1 unspecified atom stereocenters. The lowest BCUT2D eigenvalue weighted by atomic mass is 10.0. The molecule has 0 bridgehead atoms. The summed E-state index contributed by atoms with van der Waals surface area (Å²) in [6.45, 7) is 4.32. The molecule has 0 aromatic heterocycles. The number of hydrogen-bond acceptors (Lipinski definition) is 1. The Labute approximate surface area is 92.6 Å². The predicted molar refractivity (Wildman–Crippen MR) is 61.1 cm³/mol. The minimum atomic E-state index is -0.939. The summed E-state index contributed by atoms with van der Waals surface area (Å²) in [5.74, 6) is 0. The zero-order valence-electron chi connectivity index (χ0n) is 8.48. The first kappa shape index (κ1) is 11.7. The minimum absolute atomic E-state index is 0.384. The first-order valence-electron chi connectivity index (χ1n) is 4.67. The summed E-state index contributed by atoms with van der Waals surface area (Å²) in [6, 6.07) is 3.74. The zero-order chi connectivity index (χ0) is 10.7. The van der Waals surface area contributed by atoms with Crippen molar-refractivity contribution in [2.24, 2.45) is 5.73 Å². The van der Waals surface area contributed by atoms with Gasteiger partial charge in [0.05, 0.1) is 0 Å². The molecule has 0 heterocycles. The normalized spacial score (nSPS) is 12.9. The van der Waals surface area contributed by atoms with Gasteiger partial charge in [-0.1, -0.05) is 28.1 Å². The molecule has 78 valence electrons. The molecule has 1 aromatic rings. The Morgan fingerprint density at radius 2 is 1.86 bits per heavy atom. The van der Waals surface area contributed by atoms with Crippen molar-refractivity contribution in [2.75, 3.05) is 6.54 Å². The van der Waals surface area contributed by atoms with Gasteiger partial charge in [-0.25, -0.2) is 4.39 Å². The van der Waals surface area contributed by atoms with Crippen molar-refractivity contribution < 1.29 is 4.39 Å². The van der Waals surface area contributed by atoms with Crippen LogP contribution in [0.15, 0.2) is 16.6 Å². The molecule has 1 rings (SSSR count). The fraction of sp³-hybridized carbons (Fsp3) is 0.455. The Morgan fingerprint density at radius 1 is 1.36 bits per heavy atom. The van der Waals surface area contributed by atoms with Gasteiger partial charge in [0.1, 0.15) is 6.17 Å². The summed E-state index contributed by atoms with van der Waals surface area (Å²) in [4.78, 5) is 0. The molecule has 1 aromatic carbocycles. The van der Waals surface area contributed by atoms with Crippen LogP contribution in [-0.2, 0) is 0 Å². The van der Waals surface area contributed by atoms with E-state index in [2.05, 4.69) is 15.9 Å². The third kappa shape index (κ3) is 2.55. The molecule has 0 radical (unpaired) electrons. The zero-order valence-corrected chi connectivity index (χ0v) is 10.1. The summed E-state index contributed by atoms with van der Waals surface area (Å²) >= 11 is 3.45. The molecule has 0 fully saturated rings. The average Bonchev–Trinajstić information content (AvgIpc) is 2.13. The fourth-order valence-electron chi connectivity index (χ4n) is 1.47. The van der Waals surface area contributed by atoms with Gasteiger partial charge in [0, 0.05) is 4.47 Å². The quantitative estimate of drug-likeness (QED) is 0.885. The maximum absolute atomic E-state index is 13.5. The second-order valence-electron chi connectivity index (χ2n) is 3.51. The maximum Gasteiger partial charge on any atom is 0.126 e. The van der Waals surface area contributed by atoms with Crippen molar-refractivity contribution in [3.63, 3.8) is 0 Å². The van der Waals surface area contributed by atoms with E-state index in [-0.39, 0.29) is 0 Å². The van der Waals surface area contributed by atoms with E-state index >= 15 is 0 Å². The number of halogens is 2. The van der Waals surface area contributed by atoms with E-state index in [4.69, 9.17) is 5.73 Å². The summed E-state index contributed by atoms with van der Waals surface area (Å²) in [7, 11) is 0. The molecular formula is C11H15BrFN. The molecule has 0 spiro atoms. The highest BCUT2D eigenvalue weighted by molar-refractivity contribution is 9.10. The monoisotopic (exact) mass is 259 g/mol. The molecular weight excluding hydrogens is 245 g/mol. The third-order valence-corrected chi connectivity index (χ3v) is 3.49. The van der Waals surface area contributed by atoms with E-state index in [1.807, 2.05) is 26.0 Å². The Morgan fingerprint density at radius 3 is 2.29 bits per heavy atom. The van der Waals surface area contributed by atoms with Crippen LogP contribution in [0.5, 0.6) is 0 Å². The van der Waals surface area contributed by atoms with Crippen LogP contribution in [0.1, 0.15) is 29.3 Å². The Hall–Kier alpha value is -0.410. The van der Waals surface area contributed by atoms with E-state index in [1.54, 1.807) is 0 Å². The van der Waals surface area contributed by atoms with E-state index < -0.39 is 6.17 Å². The molecule has 1 atom stereocenters. The summed E-state index contributed by atoms with van der Waals surface area (Å²) in [5.41, 5.74) is 8.19. The minimum Gasteiger partial charge on any atom is -0.330 e. The van der Waals surface area contributed by atoms with E-state index in [1.165, 1.54) is 0 Å². The maximum atomic E-state index is 13.5. The summed E-state index contributed by atoms with van der Waals surface area (Å²) < 4.78 is 14.6. The van der Waals surface area contributed by atoms with Crippen LogP contribution in [0, 0.1) is 13.8 Å². The first-order chi connectivity index (χ1) is 6.56. The fourth-order valence-corrected chi connectivity index (χ4v) is 1.70. The van der Waals surface area contributed by atoms with Crippen molar-refractivity contribution >= 4 is 15.9 Å². The Balaban J connectivity index is 3.00. The molecule has 0 aliphatic heterocycles. The van der Waals surface area contributed by atoms with Gasteiger partial charge in [-0.15, -0.1) is 0 Å². The van der Waals surface area contributed by atoms with Gasteiger partial charge in [0.15, 0.2) is 0 Å². The number of rotatable bonds is 3. The SMILES string of the molecule is Cc1cc(C(F)CCN)cc(C)c1Br.